The maximum atomic E-state index is 13.2. The summed E-state index contributed by atoms with van der Waals surface area (Å²) < 4.78 is 28.4. The number of rotatable bonds is 1. The first-order valence-electron chi connectivity index (χ1n) is 5.96. The van der Waals surface area contributed by atoms with E-state index in [1.807, 2.05) is 0 Å². The van der Waals surface area contributed by atoms with Gasteiger partial charge in [-0.1, -0.05) is 18.6 Å². The van der Waals surface area contributed by atoms with Crippen LogP contribution in [0.3, 0.4) is 0 Å². The first kappa shape index (κ1) is 7.99. The largest absolute Gasteiger partial charge is 0.315 e. The topological polar surface area (TPSA) is 43.1 Å². The molecule has 1 aliphatic carbocycles. The van der Waals surface area contributed by atoms with Crippen LogP contribution in [0.25, 0.3) is 0 Å². The van der Waals surface area contributed by atoms with E-state index in [1.54, 1.807) is 6.07 Å². The molecule has 0 saturated heterocycles. The molecule has 2 N–H and O–H groups in total. The zero-order valence-corrected chi connectivity index (χ0v) is 8.29. The fraction of sp³-hybridized carbons (Fsp3) is 0.417. The van der Waals surface area contributed by atoms with Crippen molar-refractivity contribution in [3.8, 4) is 0 Å². The number of hydrogen-bond donors (Lipinski definition) is 1. The summed E-state index contributed by atoms with van der Waals surface area (Å²) in [4.78, 5) is 12.1. The molecule has 1 saturated carbocycles. The first-order valence-corrected chi connectivity index (χ1v) is 4.96. The molecular formula is C12H14FNO. The van der Waals surface area contributed by atoms with E-state index < -0.39 is 23.5 Å². The summed E-state index contributed by atoms with van der Waals surface area (Å²) in [5, 5.41) is 0. The Morgan fingerprint density at radius 3 is 3.00 bits per heavy atom. The molecule has 0 heterocycles. The molecule has 2 nitrogen and oxygen atoms in total. The van der Waals surface area contributed by atoms with Crippen molar-refractivity contribution in [3.63, 3.8) is 0 Å². The Labute approximate surface area is 91.1 Å². The Bertz CT molecular complexity index is 464. The van der Waals surface area contributed by atoms with Gasteiger partial charge in [-0.3, -0.25) is 4.79 Å². The zero-order chi connectivity index (χ0) is 12.7. The number of hydrogen-bond acceptors (Lipinski definition) is 2. The quantitative estimate of drug-likeness (QED) is 0.769. The highest BCUT2D eigenvalue weighted by Crippen LogP contribution is 2.32. The van der Waals surface area contributed by atoms with Crippen molar-refractivity contribution >= 4 is 5.78 Å². The van der Waals surface area contributed by atoms with E-state index in [0.29, 0.717) is 18.4 Å². The van der Waals surface area contributed by atoms with Crippen LogP contribution in [-0.4, -0.2) is 5.78 Å². The monoisotopic (exact) mass is 209 g/mol. The van der Waals surface area contributed by atoms with Crippen LogP contribution >= 0.6 is 0 Å². The van der Waals surface area contributed by atoms with Gasteiger partial charge in [0.2, 0.25) is 0 Å². The predicted molar refractivity (Wildman–Crippen MR) is 55.7 cm³/mol. The summed E-state index contributed by atoms with van der Waals surface area (Å²) in [5.74, 6) is -1.12. The Balaban J connectivity index is 2.45. The number of Topliss-reactive ketones (excluding diaryl/α,β-unsaturated/α-hetero) is 1. The van der Waals surface area contributed by atoms with Crippen molar-refractivity contribution < 1.29 is 11.9 Å². The second-order valence-corrected chi connectivity index (χ2v) is 3.84. The van der Waals surface area contributed by atoms with E-state index in [0.717, 1.165) is 0 Å². The number of carbonyl (C=O) groups excluding carboxylic acids is 1. The molecule has 0 unspecified atom stereocenters. The molecule has 0 spiro atoms. The first-order chi connectivity index (χ1) is 7.86. The number of nitrogens with two attached hydrogens (primary N) is 1. The SMILES string of the molecule is [2H]C1([2H])CCC[C@](N)(c2cccc(F)c2)C1=O. The third-order valence-electron chi connectivity index (χ3n) is 2.78. The Morgan fingerprint density at radius 2 is 2.27 bits per heavy atom. The van der Waals surface area contributed by atoms with Crippen LogP contribution in [0.1, 0.15) is 33.9 Å². The summed E-state index contributed by atoms with van der Waals surface area (Å²) in [5.41, 5.74) is 4.97. The lowest BCUT2D eigenvalue weighted by molar-refractivity contribution is -0.126. The molecule has 1 fully saturated rings. The normalized spacial score (nSPS) is 32.0. The summed E-state index contributed by atoms with van der Waals surface area (Å²) in [6.45, 7) is 0. The minimum Gasteiger partial charge on any atom is -0.315 e. The van der Waals surface area contributed by atoms with Gasteiger partial charge in [-0.15, -0.1) is 0 Å². The molecule has 1 atom stereocenters. The van der Waals surface area contributed by atoms with Crippen LogP contribution in [0.2, 0.25) is 0 Å². The van der Waals surface area contributed by atoms with Gasteiger partial charge in [-0.2, -0.15) is 0 Å². The molecule has 1 aromatic carbocycles. The lowest BCUT2D eigenvalue weighted by atomic mass is 9.76. The van der Waals surface area contributed by atoms with Crippen molar-refractivity contribution in [2.75, 3.05) is 0 Å². The Kier molecular flexibility index (Phi) is 1.99. The standard InChI is InChI=1S/C12H14FNO/c13-10-5-3-4-9(8-10)12(14)7-2-1-6-11(12)15/h3-5,8H,1-2,6-7,14H2/t12-/m0/s1/i6D2. The highest BCUT2D eigenvalue weighted by molar-refractivity contribution is 5.90. The maximum absolute atomic E-state index is 13.2. The van der Waals surface area contributed by atoms with E-state index >= 15 is 0 Å². The summed E-state index contributed by atoms with van der Waals surface area (Å²) in [6.07, 6.45) is -0.861. The molecule has 0 radical (unpaired) electrons. The molecule has 15 heavy (non-hydrogen) atoms. The molecule has 1 aliphatic rings. The summed E-state index contributed by atoms with van der Waals surface area (Å²) in [7, 11) is 0. The highest BCUT2D eigenvalue weighted by atomic mass is 19.1. The number of ketones is 1. The van der Waals surface area contributed by atoms with Crippen LogP contribution in [0.5, 0.6) is 0 Å². The fourth-order valence-corrected chi connectivity index (χ4v) is 1.88. The molecule has 2 rings (SSSR count). The van der Waals surface area contributed by atoms with Gasteiger partial charge in [0, 0.05) is 9.11 Å². The third-order valence-corrected chi connectivity index (χ3v) is 2.78. The molecular weight excluding hydrogens is 193 g/mol. The highest BCUT2D eigenvalue weighted by Gasteiger charge is 2.37. The van der Waals surface area contributed by atoms with Crippen LogP contribution < -0.4 is 5.73 Å². The lowest BCUT2D eigenvalue weighted by Crippen LogP contribution is -2.46. The van der Waals surface area contributed by atoms with Gasteiger partial charge in [0.1, 0.15) is 11.4 Å². The Hall–Kier alpha value is -1.22. The van der Waals surface area contributed by atoms with E-state index in [2.05, 4.69) is 0 Å². The number of carbonyl (C=O) groups is 1. The van der Waals surface area contributed by atoms with E-state index in [1.165, 1.54) is 18.2 Å². The van der Waals surface area contributed by atoms with Crippen molar-refractivity contribution in [2.24, 2.45) is 5.73 Å². The van der Waals surface area contributed by atoms with Crippen molar-refractivity contribution in [3.05, 3.63) is 35.6 Å². The van der Waals surface area contributed by atoms with Crippen molar-refractivity contribution in [2.45, 2.75) is 31.2 Å². The minimum atomic E-state index is -1.92. The van der Waals surface area contributed by atoms with Gasteiger partial charge in [-0.05, 0) is 30.5 Å². The van der Waals surface area contributed by atoms with Gasteiger partial charge >= 0.3 is 0 Å². The molecule has 0 bridgehead atoms. The second-order valence-electron chi connectivity index (χ2n) is 3.84. The van der Waals surface area contributed by atoms with Gasteiger partial charge in [-0.25, -0.2) is 4.39 Å². The number of halogens is 1. The van der Waals surface area contributed by atoms with Crippen LogP contribution in [-0.2, 0) is 10.3 Å². The minimum absolute atomic E-state index is 0.181. The Morgan fingerprint density at radius 1 is 1.47 bits per heavy atom. The smallest absolute Gasteiger partial charge is 0.157 e. The molecule has 0 amide bonds. The molecule has 80 valence electrons. The average Bonchev–Trinajstić information content (AvgIpc) is 2.26. The van der Waals surface area contributed by atoms with Crippen molar-refractivity contribution in [1.82, 2.24) is 0 Å². The maximum Gasteiger partial charge on any atom is 0.157 e. The predicted octanol–water partition coefficient (Wildman–Crippen LogP) is 2.12. The van der Waals surface area contributed by atoms with E-state index in [9.17, 15) is 9.18 Å². The van der Waals surface area contributed by atoms with Crippen LogP contribution in [0.15, 0.2) is 24.3 Å². The lowest BCUT2D eigenvalue weighted by Gasteiger charge is -2.32. The average molecular weight is 209 g/mol. The van der Waals surface area contributed by atoms with Gasteiger partial charge in [0.05, 0.1) is 0 Å². The van der Waals surface area contributed by atoms with E-state index in [-0.39, 0.29) is 6.42 Å². The zero-order valence-electron chi connectivity index (χ0n) is 10.3. The third kappa shape index (κ3) is 1.79. The van der Waals surface area contributed by atoms with Gasteiger partial charge in [0.15, 0.2) is 5.78 Å². The number of benzene rings is 1. The fourth-order valence-electron chi connectivity index (χ4n) is 1.88. The summed E-state index contributed by atoms with van der Waals surface area (Å²) >= 11 is 0. The van der Waals surface area contributed by atoms with Gasteiger partial charge in [0.25, 0.3) is 0 Å². The molecule has 0 aliphatic heterocycles. The van der Waals surface area contributed by atoms with Gasteiger partial charge < -0.3 is 5.73 Å². The van der Waals surface area contributed by atoms with Crippen molar-refractivity contribution in [1.29, 1.82) is 0 Å². The molecule has 1 aromatic rings. The van der Waals surface area contributed by atoms with Crippen LogP contribution in [0.4, 0.5) is 4.39 Å². The van der Waals surface area contributed by atoms with Crippen LogP contribution in [0, 0.1) is 5.82 Å². The second kappa shape index (κ2) is 3.74. The summed E-state index contributed by atoms with van der Waals surface area (Å²) in [6, 6.07) is 5.53. The molecule has 3 heteroatoms. The van der Waals surface area contributed by atoms with E-state index in [4.69, 9.17) is 8.48 Å². The molecule has 0 aromatic heterocycles.